The third kappa shape index (κ3) is 2.83. The van der Waals surface area contributed by atoms with Crippen LogP contribution in [0.2, 0.25) is 0 Å². The second kappa shape index (κ2) is 7.47. The summed E-state index contributed by atoms with van der Waals surface area (Å²) in [6.07, 6.45) is 5.45. The molecule has 0 amide bonds. The van der Waals surface area contributed by atoms with E-state index in [0.717, 1.165) is 0 Å². The van der Waals surface area contributed by atoms with Gasteiger partial charge in [-0.05, 0) is 63.5 Å². The molecule has 0 saturated heterocycles. The smallest absolute Gasteiger partial charge is 0.309 e. The molecule has 0 aromatic rings. The van der Waals surface area contributed by atoms with Crippen molar-refractivity contribution in [2.75, 3.05) is 0 Å². The van der Waals surface area contributed by atoms with Crippen molar-refractivity contribution in [2.45, 2.75) is 82.2 Å². The van der Waals surface area contributed by atoms with Crippen molar-refractivity contribution >= 4 is 29.1 Å². The molecule has 6 nitrogen and oxygen atoms in total. The summed E-state index contributed by atoms with van der Waals surface area (Å²) in [6, 6.07) is 0. The van der Waals surface area contributed by atoms with Crippen LogP contribution >= 0.6 is 11.6 Å². The Balaban J connectivity index is 1.62. The number of allylic oxidation sites excluding steroid dienone is 4. The summed E-state index contributed by atoms with van der Waals surface area (Å²) < 4.78 is 23.3. The van der Waals surface area contributed by atoms with Gasteiger partial charge in [-0.15, -0.1) is 0 Å². The van der Waals surface area contributed by atoms with Crippen molar-refractivity contribution in [3.8, 4) is 0 Å². The fourth-order valence-electron chi connectivity index (χ4n) is 8.06. The quantitative estimate of drug-likeness (QED) is 0.459. The number of fused-ring (bicyclic) bond motifs is 5. The van der Waals surface area contributed by atoms with Crippen LogP contribution < -0.4 is 0 Å². The van der Waals surface area contributed by atoms with Crippen LogP contribution in [0.1, 0.15) is 59.3 Å². The minimum Gasteiger partial charge on any atom is -0.450 e. The zero-order chi connectivity index (χ0) is 24.8. The Bertz CT molecular complexity index is 1020. The minimum absolute atomic E-state index is 0.132. The van der Waals surface area contributed by atoms with E-state index < -0.39 is 63.3 Å². The second-order valence-corrected chi connectivity index (χ2v) is 11.9. The predicted octanol–water partition coefficient (Wildman–Crippen LogP) is 3.42. The molecule has 4 saturated carbocycles. The number of carbonyl (C=O) groups is 3. The van der Waals surface area contributed by atoms with Crippen LogP contribution in [0, 0.1) is 34.5 Å². The summed E-state index contributed by atoms with van der Waals surface area (Å²) in [5, 5.41) is 21.6. The SMILES string of the molecule is C[C@@H]1C[C@H]2[C@@H]3CCC4=CC(=O)C=C[C@]4(C)[C@@]3(F)[C@@H](O)C[C@]2(C)[C@@]1(OC(=O)C1CC1)C(=O)C(O)Cl. The monoisotopic (exact) mass is 494 g/mol. The molecular weight excluding hydrogens is 463 g/mol. The molecule has 34 heavy (non-hydrogen) atoms. The molecule has 0 spiro atoms. The highest BCUT2D eigenvalue weighted by Crippen LogP contribution is 2.71. The van der Waals surface area contributed by atoms with Crippen molar-refractivity contribution in [3.63, 3.8) is 0 Å². The van der Waals surface area contributed by atoms with Gasteiger partial charge in [-0.25, -0.2) is 4.39 Å². The lowest BCUT2D eigenvalue weighted by molar-refractivity contribution is -0.229. The first-order valence-corrected chi connectivity index (χ1v) is 12.7. The molecule has 5 aliphatic carbocycles. The molecule has 8 heteroatoms. The van der Waals surface area contributed by atoms with E-state index in [-0.39, 0.29) is 18.1 Å². The number of hydrogen-bond donors (Lipinski definition) is 2. The van der Waals surface area contributed by atoms with E-state index in [2.05, 4.69) is 0 Å². The van der Waals surface area contributed by atoms with E-state index in [1.165, 1.54) is 12.2 Å². The van der Waals surface area contributed by atoms with Crippen LogP contribution in [-0.4, -0.2) is 50.7 Å². The predicted molar refractivity (Wildman–Crippen MR) is 121 cm³/mol. The van der Waals surface area contributed by atoms with Gasteiger partial charge in [0, 0.05) is 22.7 Å². The summed E-state index contributed by atoms with van der Waals surface area (Å²) in [6.45, 7) is 5.28. The number of rotatable bonds is 4. The largest absolute Gasteiger partial charge is 0.450 e. The number of carbonyl (C=O) groups excluding carboxylic acids is 3. The highest BCUT2D eigenvalue weighted by Gasteiger charge is 2.77. The average Bonchev–Trinajstić information content (AvgIpc) is 3.58. The van der Waals surface area contributed by atoms with Gasteiger partial charge in [-0.3, -0.25) is 14.4 Å². The fraction of sp³-hybridized carbons (Fsp3) is 0.731. The zero-order valence-electron chi connectivity index (χ0n) is 19.7. The number of ketones is 2. The van der Waals surface area contributed by atoms with Crippen molar-refractivity contribution in [3.05, 3.63) is 23.8 Å². The molecular formula is C26H32ClFO6. The summed E-state index contributed by atoms with van der Waals surface area (Å²) in [7, 11) is 0. The molecule has 0 heterocycles. The molecule has 2 N–H and O–H groups in total. The highest BCUT2D eigenvalue weighted by atomic mass is 35.5. The number of esters is 1. The van der Waals surface area contributed by atoms with Crippen LogP contribution in [0.4, 0.5) is 4.39 Å². The zero-order valence-corrected chi connectivity index (χ0v) is 20.5. The standard InChI is InChI=1S/C26H32ClFO6/c1-13-10-18-17-7-6-15-11-16(29)8-9-23(15,2)25(17,28)19(30)12-24(18,3)26(13,20(31)21(27)32)34-22(33)14-4-5-14/h8-9,11,13-14,17-19,21,30,32H,4-7,10,12H2,1-3H3/t13-,17+,18+,19+,21?,23+,24+,25+,26+/m1/s1. The van der Waals surface area contributed by atoms with E-state index in [1.54, 1.807) is 26.8 Å². The Morgan fingerprint density at radius 3 is 2.53 bits per heavy atom. The lowest BCUT2D eigenvalue weighted by Crippen LogP contribution is -2.70. The van der Waals surface area contributed by atoms with Crippen LogP contribution in [0.5, 0.6) is 0 Å². The summed E-state index contributed by atoms with van der Waals surface area (Å²) in [4.78, 5) is 38.4. The number of ether oxygens (including phenoxy) is 1. The minimum atomic E-state index is -2.06. The number of aliphatic hydroxyl groups excluding tert-OH is 2. The molecule has 5 rings (SSSR count). The summed E-state index contributed by atoms with van der Waals surface area (Å²) in [5.74, 6) is -3.32. The highest BCUT2D eigenvalue weighted by molar-refractivity contribution is 6.31. The Kier molecular flexibility index (Phi) is 5.30. The molecule has 0 bridgehead atoms. The van der Waals surface area contributed by atoms with Crippen molar-refractivity contribution in [1.29, 1.82) is 0 Å². The fourth-order valence-corrected chi connectivity index (χ4v) is 8.22. The second-order valence-electron chi connectivity index (χ2n) is 11.5. The molecule has 0 aromatic carbocycles. The normalized spacial score (nSPS) is 48.3. The molecule has 4 fully saturated rings. The maximum atomic E-state index is 17.3. The van der Waals surface area contributed by atoms with E-state index in [4.69, 9.17) is 16.3 Å². The van der Waals surface area contributed by atoms with Gasteiger partial charge in [0.15, 0.2) is 22.6 Å². The number of alkyl halides is 2. The van der Waals surface area contributed by atoms with E-state index in [1.807, 2.05) is 0 Å². The molecule has 5 aliphatic rings. The lowest BCUT2D eigenvalue weighted by atomic mass is 9.44. The molecule has 0 aliphatic heterocycles. The van der Waals surface area contributed by atoms with Crippen molar-refractivity contribution in [2.24, 2.45) is 34.5 Å². The summed E-state index contributed by atoms with van der Waals surface area (Å²) in [5.41, 5.74) is -7.29. The van der Waals surface area contributed by atoms with Gasteiger partial charge in [0.2, 0.25) is 5.78 Å². The van der Waals surface area contributed by atoms with E-state index in [9.17, 15) is 24.6 Å². The molecule has 0 aromatic heterocycles. The van der Waals surface area contributed by atoms with Crippen molar-refractivity contribution < 1.29 is 33.7 Å². The van der Waals surface area contributed by atoms with Gasteiger partial charge in [0.25, 0.3) is 0 Å². The number of Topliss-reactive ketones (excluding diaryl/α,β-unsaturated/α-hetero) is 1. The van der Waals surface area contributed by atoms with Crippen LogP contribution in [-0.2, 0) is 19.1 Å². The third-order valence-corrected chi connectivity index (χ3v) is 10.1. The Morgan fingerprint density at radius 2 is 1.91 bits per heavy atom. The van der Waals surface area contributed by atoms with Gasteiger partial charge in [-0.2, -0.15) is 0 Å². The lowest BCUT2D eigenvalue weighted by Gasteiger charge is -2.62. The first-order valence-electron chi connectivity index (χ1n) is 12.2. The average molecular weight is 495 g/mol. The first-order chi connectivity index (χ1) is 15.8. The van der Waals surface area contributed by atoms with Gasteiger partial charge in [0.1, 0.15) is 0 Å². The molecule has 186 valence electrons. The summed E-state index contributed by atoms with van der Waals surface area (Å²) >= 11 is 5.89. The van der Waals surface area contributed by atoms with Crippen LogP contribution in [0.3, 0.4) is 0 Å². The first kappa shape index (κ1) is 24.1. The van der Waals surface area contributed by atoms with Gasteiger partial charge < -0.3 is 14.9 Å². The Hall–Kier alpha value is -1.57. The molecule has 0 radical (unpaired) electrons. The van der Waals surface area contributed by atoms with Crippen LogP contribution in [0.15, 0.2) is 23.8 Å². The third-order valence-electron chi connectivity index (χ3n) is 9.94. The number of halogens is 2. The Morgan fingerprint density at radius 1 is 1.24 bits per heavy atom. The van der Waals surface area contributed by atoms with Crippen molar-refractivity contribution in [1.82, 2.24) is 0 Å². The van der Waals surface area contributed by atoms with Gasteiger partial charge >= 0.3 is 5.97 Å². The van der Waals surface area contributed by atoms with Gasteiger partial charge in [-0.1, -0.05) is 37.1 Å². The molecule has 9 atom stereocenters. The van der Waals surface area contributed by atoms with Crippen LogP contribution in [0.25, 0.3) is 0 Å². The number of hydrogen-bond acceptors (Lipinski definition) is 6. The van der Waals surface area contributed by atoms with Gasteiger partial charge in [0.05, 0.1) is 12.0 Å². The topological polar surface area (TPSA) is 101 Å². The van der Waals surface area contributed by atoms with E-state index in [0.29, 0.717) is 37.7 Å². The maximum Gasteiger partial charge on any atom is 0.309 e. The maximum absolute atomic E-state index is 17.3. The Labute approximate surface area is 203 Å². The number of aliphatic hydroxyl groups is 2. The van der Waals surface area contributed by atoms with E-state index >= 15 is 4.39 Å². The molecule has 1 unspecified atom stereocenters.